The van der Waals surface area contributed by atoms with Gasteiger partial charge in [0.2, 0.25) is 5.88 Å². The summed E-state index contributed by atoms with van der Waals surface area (Å²) in [5.41, 5.74) is 2.44. The van der Waals surface area contributed by atoms with E-state index in [1.165, 1.54) is 17.8 Å². The summed E-state index contributed by atoms with van der Waals surface area (Å²) >= 11 is 6.16. The Labute approximate surface area is 218 Å². The van der Waals surface area contributed by atoms with Crippen molar-refractivity contribution in [2.45, 2.75) is 45.3 Å². The van der Waals surface area contributed by atoms with Crippen LogP contribution in [0.1, 0.15) is 38.8 Å². The lowest BCUT2D eigenvalue weighted by molar-refractivity contribution is -0.141. The van der Waals surface area contributed by atoms with Gasteiger partial charge in [-0.1, -0.05) is 42.0 Å². The van der Waals surface area contributed by atoms with E-state index in [-0.39, 0.29) is 22.6 Å². The van der Waals surface area contributed by atoms with Crippen molar-refractivity contribution in [2.75, 3.05) is 13.2 Å². The van der Waals surface area contributed by atoms with Crippen LogP contribution in [-0.4, -0.2) is 39.8 Å². The van der Waals surface area contributed by atoms with Gasteiger partial charge in [-0.05, 0) is 63.0 Å². The summed E-state index contributed by atoms with van der Waals surface area (Å²) in [5, 5.41) is 6.72. The molecule has 6 nitrogen and oxygen atoms in total. The quantitative estimate of drug-likeness (QED) is 0.440. The molecule has 0 spiro atoms. The first-order valence-corrected chi connectivity index (χ1v) is 12.4. The molecule has 0 saturated carbocycles. The first-order chi connectivity index (χ1) is 17.7. The molecule has 10 heteroatoms. The van der Waals surface area contributed by atoms with Gasteiger partial charge in [0.1, 0.15) is 0 Å². The van der Waals surface area contributed by atoms with E-state index in [9.17, 15) is 18.0 Å². The van der Waals surface area contributed by atoms with Crippen LogP contribution in [0.3, 0.4) is 0 Å². The zero-order valence-electron chi connectivity index (χ0n) is 20.6. The molecule has 0 fully saturated rings. The molecule has 0 bridgehead atoms. The number of rotatable bonds is 8. The molecule has 4 rings (SSSR count). The number of nitrogens with zero attached hydrogens (tertiary/aromatic N) is 3. The fraction of sp³-hybridized carbons (Fsp3) is 0.333. The molecule has 1 atom stereocenters. The second-order valence-electron chi connectivity index (χ2n) is 8.74. The summed E-state index contributed by atoms with van der Waals surface area (Å²) in [4.78, 5) is 15.0. The third kappa shape index (κ3) is 6.28. The van der Waals surface area contributed by atoms with Crippen LogP contribution in [-0.2, 0) is 11.0 Å². The van der Waals surface area contributed by atoms with E-state index in [1.54, 1.807) is 12.1 Å². The number of nitrogens with one attached hydrogen (secondary N) is 1. The van der Waals surface area contributed by atoms with Crippen LogP contribution in [0.4, 0.5) is 13.2 Å². The normalized spacial score (nSPS) is 17.6. The number of ether oxygens (including phenoxy) is 1. The molecule has 1 N–H and O–H groups in total. The maximum atomic E-state index is 13.3. The zero-order valence-corrected chi connectivity index (χ0v) is 21.3. The van der Waals surface area contributed by atoms with Gasteiger partial charge in [0.15, 0.2) is 12.3 Å². The van der Waals surface area contributed by atoms with Crippen molar-refractivity contribution >= 4 is 17.5 Å². The number of likely N-dealkylation sites (N-methyl/N-ethyl adjacent to an activating group) is 1. The lowest BCUT2D eigenvalue weighted by atomic mass is 9.98. The molecule has 1 heterocycles. The molecule has 0 radical (unpaired) electrons. The molecule has 37 heavy (non-hydrogen) atoms. The van der Waals surface area contributed by atoms with Gasteiger partial charge in [-0.3, -0.25) is 4.79 Å². The maximum Gasteiger partial charge on any atom is 0.435 e. The van der Waals surface area contributed by atoms with Gasteiger partial charge in [-0.15, -0.1) is 0 Å². The topological polar surface area (TPSA) is 59.4 Å². The number of aromatic nitrogens is 2. The first kappa shape index (κ1) is 26.6. The van der Waals surface area contributed by atoms with E-state index < -0.39 is 24.4 Å². The number of halogens is 4. The van der Waals surface area contributed by atoms with Gasteiger partial charge in [0, 0.05) is 24.0 Å². The number of hydrogen-bond donors (Lipinski definition) is 1. The molecule has 196 valence electrons. The van der Waals surface area contributed by atoms with Crippen molar-refractivity contribution in [3.05, 3.63) is 88.4 Å². The van der Waals surface area contributed by atoms with Gasteiger partial charge < -0.3 is 15.0 Å². The highest BCUT2D eigenvalue weighted by atomic mass is 35.5. The molecule has 1 unspecified atom stereocenters. The Bertz CT molecular complexity index is 1280. The van der Waals surface area contributed by atoms with Crippen molar-refractivity contribution in [3.63, 3.8) is 0 Å². The number of hydrogen-bond acceptors (Lipinski definition) is 4. The summed E-state index contributed by atoms with van der Waals surface area (Å²) in [6.45, 7) is 4.43. The highest BCUT2D eigenvalue weighted by Gasteiger charge is 2.36. The average molecular weight is 533 g/mol. The number of benzene rings is 1. The number of carbonyl (C=O) groups excluding carboxylic acids is 1. The first-order valence-electron chi connectivity index (χ1n) is 12.0. The summed E-state index contributed by atoms with van der Waals surface area (Å²) < 4.78 is 46.5. The van der Waals surface area contributed by atoms with Crippen LogP contribution < -0.4 is 10.1 Å². The Morgan fingerprint density at radius 1 is 1.32 bits per heavy atom. The number of carbonyl (C=O) groups is 1. The third-order valence-corrected chi connectivity index (χ3v) is 6.45. The van der Waals surface area contributed by atoms with Gasteiger partial charge in [0.05, 0.1) is 16.8 Å². The SMILES string of the molecule is CCN(C1=CC=CCC1)C1=CC(NC(=O)COc2cc(C(F)(F)F)nn2-c2ccccc2Cl)CC=C1C. The molecule has 2 aromatic rings. The number of allylic oxidation sites excluding steroid dienone is 5. The molecule has 0 aliphatic heterocycles. The second-order valence-corrected chi connectivity index (χ2v) is 9.14. The third-order valence-electron chi connectivity index (χ3n) is 6.13. The smallest absolute Gasteiger partial charge is 0.435 e. The van der Waals surface area contributed by atoms with E-state index in [0.717, 1.165) is 41.4 Å². The van der Waals surface area contributed by atoms with Crippen molar-refractivity contribution < 1.29 is 22.7 Å². The van der Waals surface area contributed by atoms with E-state index in [0.29, 0.717) is 6.42 Å². The number of alkyl halides is 3. The van der Waals surface area contributed by atoms with Gasteiger partial charge in [-0.25, -0.2) is 0 Å². The molecule has 0 saturated heterocycles. The van der Waals surface area contributed by atoms with Crippen LogP contribution in [0, 0.1) is 0 Å². The Kier molecular flexibility index (Phi) is 8.12. The largest absolute Gasteiger partial charge is 0.467 e. The molecule has 1 amide bonds. The van der Waals surface area contributed by atoms with E-state index in [1.807, 2.05) is 13.0 Å². The highest BCUT2D eigenvalue weighted by molar-refractivity contribution is 6.32. The minimum absolute atomic E-state index is 0.194. The van der Waals surface area contributed by atoms with Crippen LogP contribution in [0.25, 0.3) is 5.69 Å². The van der Waals surface area contributed by atoms with Gasteiger partial charge >= 0.3 is 6.18 Å². The molecule has 1 aromatic carbocycles. The number of para-hydroxylation sites is 1. The summed E-state index contributed by atoms with van der Waals surface area (Å²) in [6, 6.07) is 6.80. The van der Waals surface area contributed by atoms with Crippen LogP contribution in [0.2, 0.25) is 5.02 Å². The monoisotopic (exact) mass is 532 g/mol. The van der Waals surface area contributed by atoms with Gasteiger partial charge in [0.25, 0.3) is 5.91 Å². The zero-order chi connectivity index (χ0) is 26.6. The molecular weight excluding hydrogens is 505 g/mol. The summed E-state index contributed by atoms with van der Waals surface area (Å²) in [6.07, 6.45) is 8.23. The predicted octanol–water partition coefficient (Wildman–Crippen LogP) is 6.20. The standard InChI is InChI=1S/C27H28ClF3N4O2/c1-3-34(20-9-5-4-6-10-20)23-15-19(14-13-18(23)2)32-25(36)17-37-26-16-24(27(29,30)31)33-35(26)22-12-8-7-11-21(22)28/h4-5,7-9,11-13,15-16,19H,3,6,10,14,17H2,1-2H3,(H,32,36). The summed E-state index contributed by atoms with van der Waals surface area (Å²) in [5.74, 6) is -0.697. The lowest BCUT2D eigenvalue weighted by Gasteiger charge is -2.33. The fourth-order valence-corrected chi connectivity index (χ4v) is 4.55. The van der Waals surface area contributed by atoms with E-state index in [4.69, 9.17) is 16.3 Å². The van der Waals surface area contributed by atoms with Crippen molar-refractivity contribution in [2.24, 2.45) is 0 Å². The van der Waals surface area contributed by atoms with Crippen molar-refractivity contribution in [1.29, 1.82) is 0 Å². The van der Waals surface area contributed by atoms with Crippen molar-refractivity contribution in [1.82, 2.24) is 20.0 Å². The highest BCUT2D eigenvalue weighted by Crippen LogP contribution is 2.34. The molecule has 2 aliphatic rings. The van der Waals surface area contributed by atoms with Crippen LogP contribution >= 0.6 is 11.6 Å². The van der Waals surface area contributed by atoms with Crippen LogP contribution in [0.15, 0.2) is 77.7 Å². The molecular formula is C27H28ClF3N4O2. The second kappa shape index (κ2) is 11.3. The van der Waals surface area contributed by atoms with Crippen LogP contribution in [0.5, 0.6) is 5.88 Å². The summed E-state index contributed by atoms with van der Waals surface area (Å²) in [7, 11) is 0. The minimum Gasteiger partial charge on any atom is -0.467 e. The Hall–Kier alpha value is -3.46. The minimum atomic E-state index is -4.69. The van der Waals surface area contributed by atoms with E-state index in [2.05, 4.69) is 46.5 Å². The average Bonchev–Trinajstić information content (AvgIpc) is 3.31. The Morgan fingerprint density at radius 3 is 2.78 bits per heavy atom. The van der Waals surface area contributed by atoms with Crippen molar-refractivity contribution in [3.8, 4) is 11.6 Å². The maximum absolute atomic E-state index is 13.3. The van der Waals surface area contributed by atoms with Gasteiger partial charge in [-0.2, -0.15) is 23.0 Å². The predicted molar refractivity (Wildman–Crippen MR) is 136 cm³/mol. The Balaban J connectivity index is 1.47. The molecule has 1 aromatic heterocycles. The van der Waals surface area contributed by atoms with E-state index >= 15 is 0 Å². The fourth-order valence-electron chi connectivity index (χ4n) is 4.33. The lowest BCUT2D eigenvalue weighted by Crippen LogP contribution is -2.39. The Morgan fingerprint density at radius 2 is 2.11 bits per heavy atom. The molecule has 2 aliphatic carbocycles. The number of amides is 1.